The molecule has 0 aliphatic heterocycles. The van der Waals surface area contributed by atoms with Gasteiger partial charge < -0.3 is 0 Å². The summed E-state index contributed by atoms with van der Waals surface area (Å²) in [4.78, 5) is 12.8. The van der Waals surface area contributed by atoms with Gasteiger partial charge in [0, 0.05) is 11.1 Å². The van der Waals surface area contributed by atoms with Crippen LogP contribution in [0.4, 0.5) is 17.6 Å². The number of nitrogens with zero attached hydrogens (tertiary/aromatic N) is 3. The van der Waals surface area contributed by atoms with Crippen molar-refractivity contribution in [3.8, 4) is 5.69 Å². The summed E-state index contributed by atoms with van der Waals surface area (Å²) in [6.07, 6.45) is -4.75. The molecule has 4 aromatic rings. The normalized spacial score (nSPS) is 12.0. The van der Waals surface area contributed by atoms with Crippen LogP contribution >= 0.6 is 11.6 Å². The topological polar surface area (TPSA) is 39.8 Å². The van der Waals surface area contributed by atoms with Crippen molar-refractivity contribution in [2.45, 2.75) is 26.6 Å². The Hall–Kier alpha value is -3.13. The molecule has 0 bridgehead atoms. The molecule has 0 atom stereocenters. The van der Waals surface area contributed by atoms with E-state index in [4.69, 9.17) is 11.6 Å². The summed E-state index contributed by atoms with van der Waals surface area (Å²) in [6, 6.07) is 11.1. The van der Waals surface area contributed by atoms with Crippen LogP contribution < -0.4 is 5.56 Å². The molecule has 2 aromatic carbocycles. The van der Waals surface area contributed by atoms with Gasteiger partial charge in [-0.15, -0.1) is 0 Å². The summed E-state index contributed by atoms with van der Waals surface area (Å²) in [5.74, 6) is -0.510. The van der Waals surface area contributed by atoms with E-state index < -0.39 is 23.1 Å². The van der Waals surface area contributed by atoms with Crippen LogP contribution in [0.25, 0.3) is 16.7 Å². The lowest BCUT2D eigenvalue weighted by Gasteiger charge is -2.16. The number of hydrogen-bond donors (Lipinski definition) is 0. The Morgan fingerprint density at radius 3 is 2.45 bits per heavy atom. The fourth-order valence-corrected chi connectivity index (χ4v) is 3.81. The van der Waals surface area contributed by atoms with Gasteiger partial charge in [0.2, 0.25) is 0 Å². The summed E-state index contributed by atoms with van der Waals surface area (Å²) in [5.41, 5.74) is -0.401. The second kappa shape index (κ2) is 7.53. The van der Waals surface area contributed by atoms with Gasteiger partial charge in [0.1, 0.15) is 11.5 Å². The molecule has 9 heteroatoms. The molecule has 31 heavy (non-hydrogen) atoms. The monoisotopic (exact) mass is 449 g/mol. The van der Waals surface area contributed by atoms with Crippen LogP contribution in [0.2, 0.25) is 5.02 Å². The van der Waals surface area contributed by atoms with Gasteiger partial charge in [-0.25, -0.2) is 9.07 Å². The Labute approximate surface area is 179 Å². The quantitative estimate of drug-likeness (QED) is 0.378. The molecule has 0 saturated heterocycles. The smallest absolute Gasteiger partial charge is 0.288 e. The highest BCUT2D eigenvalue weighted by Gasteiger charge is 2.36. The third kappa shape index (κ3) is 3.72. The molecule has 0 radical (unpaired) electrons. The van der Waals surface area contributed by atoms with Crippen molar-refractivity contribution in [1.82, 2.24) is 14.3 Å². The zero-order valence-electron chi connectivity index (χ0n) is 16.5. The predicted molar refractivity (Wildman–Crippen MR) is 110 cm³/mol. The lowest BCUT2D eigenvalue weighted by Crippen LogP contribution is -2.25. The molecule has 0 fully saturated rings. The molecule has 0 aliphatic rings. The molecular formula is C22H16ClF4N3O. The highest BCUT2D eigenvalue weighted by atomic mass is 35.5. The average Bonchev–Trinajstić information content (AvgIpc) is 3.02. The largest absolute Gasteiger partial charge is 0.417 e. The molecule has 2 aromatic heterocycles. The second-order valence-corrected chi connectivity index (χ2v) is 7.60. The first-order valence-corrected chi connectivity index (χ1v) is 9.66. The fraction of sp³-hybridized carbons (Fsp3) is 0.182. The number of benzene rings is 2. The van der Waals surface area contributed by atoms with Crippen molar-refractivity contribution >= 4 is 22.6 Å². The van der Waals surface area contributed by atoms with Crippen LogP contribution in [0.15, 0.2) is 53.3 Å². The van der Waals surface area contributed by atoms with Crippen molar-refractivity contribution in [2.24, 2.45) is 0 Å². The second-order valence-electron chi connectivity index (χ2n) is 7.19. The van der Waals surface area contributed by atoms with Gasteiger partial charge in [0.25, 0.3) is 5.56 Å². The molecule has 0 N–H and O–H groups in total. The van der Waals surface area contributed by atoms with Gasteiger partial charge in [-0.1, -0.05) is 29.8 Å². The number of pyridine rings is 1. The maximum absolute atomic E-state index is 13.8. The lowest BCUT2D eigenvalue weighted by molar-refractivity contribution is -0.136. The Morgan fingerprint density at radius 1 is 1.06 bits per heavy atom. The Balaban J connectivity index is 2.11. The molecule has 0 unspecified atom stereocenters. The molecule has 0 aliphatic carbocycles. The van der Waals surface area contributed by atoms with E-state index in [1.54, 1.807) is 31.2 Å². The van der Waals surface area contributed by atoms with Crippen molar-refractivity contribution in [3.63, 3.8) is 0 Å². The van der Waals surface area contributed by atoms with Crippen LogP contribution in [0.5, 0.6) is 0 Å². The number of aryl methyl sites for hydroxylation is 1. The minimum Gasteiger partial charge on any atom is -0.288 e. The molecule has 4 rings (SSSR count). The fourth-order valence-electron chi connectivity index (χ4n) is 3.65. The number of hydrogen-bond acceptors (Lipinski definition) is 2. The first kappa shape index (κ1) is 21.1. The van der Waals surface area contributed by atoms with Crippen LogP contribution in [-0.2, 0) is 12.7 Å². The summed E-state index contributed by atoms with van der Waals surface area (Å²) < 4.78 is 57.5. The predicted octanol–water partition coefficient (Wildman–Crippen LogP) is 5.66. The minimum absolute atomic E-state index is 0.0352. The molecule has 0 saturated carbocycles. The zero-order valence-corrected chi connectivity index (χ0v) is 17.2. The molecule has 0 spiro atoms. The Morgan fingerprint density at radius 2 is 1.77 bits per heavy atom. The number of halogens is 5. The van der Waals surface area contributed by atoms with Gasteiger partial charge in [0.15, 0.2) is 0 Å². The molecule has 160 valence electrons. The van der Waals surface area contributed by atoms with E-state index in [0.29, 0.717) is 27.9 Å². The van der Waals surface area contributed by atoms with Crippen molar-refractivity contribution < 1.29 is 17.6 Å². The van der Waals surface area contributed by atoms with Crippen LogP contribution in [0.3, 0.4) is 0 Å². The van der Waals surface area contributed by atoms with Crippen molar-refractivity contribution in [1.29, 1.82) is 0 Å². The summed E-state index contributed by atoms with van der Waals surface area (Å²) >= 11 is 6.21. The third-order valence-corrected chi connectivity index (χ3v) is 5.51. The third-order valence-electron chi connectivity index (χ3n) is 5.10. The zero-order chi connectivity index (χ0) is 22.5. The highest BCUT2D eigenvalue weighted by Crippen LogP contribution is 2.36. The number of fused-ring (bicyclic) bond motifs is 1. The van der Waals surface area contributed by atoms with E-state index in [-0.39, 0.29) is 23.3 Å². The van der Waals surface area contributed by atoms with Gasteiger partial charge in [-0.2, -0.15) is 18.3 Å². The van der Waals surface area contributed by atoms with Crippen molar-refractivity contribution in [2.75, 3.05) is 0 Å². The Kier molecular flexibility index (Phi) is 5.13. The average molecular weight is 450 g/mol. The molecular weight excluding hydrogens is 434 g/mol. The first-order chi connectivity index (χ1) is 14.6. The molecule has 0 amide bonds. The summed E-state index contributed by atoms with van der Waals surface area (Å²) in [7, 11) is 0. The number of rotatable bonds is 3. The molecule has 2 heterocycles. The summed E-state index contributed by atoms with van der Waals surface area (Å²) in [5, 5.41) is 4.54. The van der Waals surface area contributed by atoms with E-state index in [9.17, 15) is 22.4 Å². The number of alkyl halides is 3. The molecule has 4 nitrogen and oxygen atoms in total. The Bertz CT molecular complexity index is 1370. The van der Waals surface area contributed by atoms with E-state index in [0.717, 1.165) is 0 Å². The first-order valence-electron chi connectivity index (χ1n) is 9.28. The lowest BCUT2D eigenvalue weighted by atomic mass is 10.1. The van der Waals surface area contributed by atoms with Gasteiger partial charge >= 0.3 is 6.18 Å². The van der Waals surface area contributed by atoms with Crippen LogP contribution in [-0.4, -0.2) is 14.3 Å². The van der Waals surface area contributed by atoms with E-state index in [1.807, 2.05) is 0 Å². The van der Waals surface area contributed by atoms with Crippen LogP contribution in [0.1, 0.15) is 22.4 Å². The maximum Gasteiger partial charge on any atom is 0.417 e. The van der Waals surface area contributed by atoms with Crippen molar-refractivity contribution in [3.05, 3.63) is 92.1 Å². The number of aromatic nitrogens is 3. The summed E-state index contributed by atoms with van der Waals surface area (Å²) in [6.45, 7) is 3.03. The maximum atomic E-state index is 13.8. The van der Waals surface area contributed by atoms with Gasteiger partial charge in [-0.3, -0.25) is 9.36 Å². The SMILES string of the molecule is Cc1c(Cl)cccc1-n1nc(C)c2c(C(F)(F)F)cc(=O)n(Cc3cccc(F)c3)c21. The van der Waals surface area contributed by atoms with E-state index in [1.165, 1.54) is 34.4 Å². The highest BCUT2D eigenvalue weighted by molar-refractivity contribution is 6.31. The van der Waals surface area contributed by atoms with Gasteiger partial charge in [0.05, 0.1) is 28.9 Å². The van der Waals surface area contributed by atoms with E-state index >= 15 is 0 Å². The van der Waals surface area contributed by atoms with Crippen LogP contribution in [0, 0.1) is 19.7 Å². The minimum atomic E-state index is -4.75. The standard InChI is InChI=1S/C22H16ClF4N3O/c1-12-17(23)7-4-8-18(12)30-21-20(13(2)28-30)16(22(25,26)27)10-19(31)29(21)11-14-5-3-6-15(24)9-14/h3-10H,11H2,1-2H3. The van der Waals surface area contributed by atoms with E-state index in [2.05, 4.69) is 5.10 Å². The van der Waals surface area contributed by atoms with Gasteiger partial charge in [-0.05, 0) is 49.2 Å².